The number of benzene rings is 2. The van der Waals surface area contributed by atoms with E-state index in [1.165, 1.54) is 19.1 Å². The maximum atomic E-state index is 13.9. The third-order valence-corrected chi connectivity index (χ3v) is 4.58. The van der Waals surface area contributed by atoms with Crippen LogP contribution in [0.3, 0.4) is 0 Å². The molecule has 0 saturated carbocycles. The second-order valence-electron chi connectivity index (χ2n) is 6.58. The first-order valence-electron chi connectivity index (χ1n) is 8.56. The maximum Gasteiger partial charge on any atom is 0.491 e. The van der Waals surface area contributed by atoms with Crippen molar-refractivity contribution in [1.82, 2.24) is 5.06 Å². The summed E-state index contributed by atoms with van der Waals surface area (Å²) in [7, 11) is -1.85. The molecule has 2 aromatic carbocycles. The fourth-order valence-electron chi connectivity index (χ4n) is 3.25. The Hall–Kier alpha value is -2.06. The smallest absolute Gasteiger partial charge is 0.423 e. The lowest BCUT2D eigenvalue weighted by molar-refractivity contribution is -0.173. The van der Waals surface area contributed by atoms with Gasteiger partial charge in [0, 0.05) is 18.3 Å². The SMILES string of the molecule is CC(=O)C1CC(Cc2ccccc2)ON1Cc1ccc(B(O)O)c(F)c1. The first kappa shape index (κ1) is 18.7. The monoisotopic (exact) mass is 357 g/mol. The van der Waals surface area contributed by atoms with Crippen LogP contribution in [-0.4, -0.2) is 40.2 Å². The van der Waals surface area contributed by atoms with E-state index in [2.05, 4.69) is 0 Å². The zero-order valence-corrected chi connectivity index (χ0v) is 14.5. The average Bonchev–Trinajstić information content (AvgIpc) is 2.98. The van der Waals surface area contributed by atoms with Crippen LogP contribution >= 0.6 is 0 Å². The molecule has 0 spiro atoms. The van der Waals surface area contributed by atoms with Crippen LogP contribution < -0.4 is 5.46 Å². The average molecular weight is 357 g/mol. The van der Waals surface area contributed by atoms with E-state index in [-0.39, 0.29) is 29.9 Å². The number of hydrogen-bond donors (Lipinski definition) is 2. The number of hydrogen-bond acceptors (Lipinski definition) is 5. The molecule has 0 radical (unpaired) electrons. The molecule has 26 heavy (non-hydrogen) atoms. The molecule has 2 N–H and O–H groups in total. The van der Waals surface area contributed by atoms with E-state index in [0.717, 1.165) is 5.56 Å². The second-order valence-corrected chi connectivity index (χ2v) is 6.58. The minimum absolute atomic E-state index is 0.00318. The van der Waals surface area contributed by atoms with Crippen LogP contribution in [0.4, 0.5) is 4.39 Å². The normalized spacial score (nSPS) is 20.3. The Morgan fingerprint density at radius 3 is 2.58 bits per heavy atom. The van der Waals surface area contributed by atoms with Crippen LogP contribution in [0.5, 0.6) is 0 Å². The summed E-state index contributed by atoms with van der Waals surface area (Å²) < 4.78 is 13.9. The number of halogens is 1. The highest BCUT2D eigenvalue weighted by Gasteiger charge is 2.36. The Balaban J connectivity index is 1.71. The summed E-state index contributed by atoms with van der Waals surface area (Å²) in [5.41, 5.74) is 1.55. The molecule has 1 heterocycles. The Labute approximate surface area is 152 Å². The third kappa shape index (κ3) is 4.37. The largest absolute Gasteiger partial charge is 0.491 e. The van der Waals surface area contributed by atoms with Gasteiger partial charge in [0.15, 0.2) is 0 Å². The number of nitrogens with zero attached hydrogens (tertiary/aromatic N) is 1. The van der Waals surface area contributed by atoms with E-state index in [4.69, 9.17) is 14.9 Å². The molecule has 2 unspecified atom stereocenters. The van der Waals surface area contributed by atoms with Gasteiger partial charge in [0.25, 0.3) is 0 Å². The van der Waals surface area contributed by atoms with Crippen LogP contribution in [0.15, 0.2) is 48.5 Å². The molecule has 1 fully saturated rings. The number of carbonyl (C=O) groups excluding carboxylic acids is 1. The number of ketones is 1. The molecule has 0 aliphatic carbocycles. The molecule has 2 atom stereocenters. The van der Waals surface area contributed by atoms with Crippen molar-refractivity contribution in [2.45, 2.75) is 38.5 Å². The summed E-state index contributed by atoms with van der Waals surface area (Å²) in [4.78, 5) is 17.9. The molecule has 7 heteroatoms. The molecule has 0 aromatic heterocycles. The highest BCUT2D eigenvalue weighted by molar-refractivity contribution is 6.58. The van der Waals surface area contributed by atoms with Gasteiger partial charge in [0.05, 0.1) is 18.7 Å². The van der Waals surface area contributed by atoms with Crippen molar-refractivity contribution < 1.29 is 24.1 Å². The van der Waals surface area contributed by atoms with Crippen molar-refractivity contribution in [3.63, 3.8) is 0 Å². The van der Waals surface area contributed by atoms with Gasteiger partial charge in [-0.05, 0) is 24.1 Å². The van der Waals surface area contributed by atoms with Gasteiger partial charge in [0.2, 0.25) is 0 Å². The summed E-state index contributed by atoms with van der Waals surface area (Å²) in [6, 6.07) is 13.7. The van der Waals surface area contributed by atoms with Gasteiger partial charge in [-0.15, -0.1) is 0 Å². The maximum absolute atomic E-state index is 13.9. The highest BCUT2D eigenvalue weighted by Crippen LogP contribution is 2.26. The van der Waals surface area contributed by atoms with Gasteiger partial charge in [-0.3, -0.25) is 9.63 Å². The molecule has 5 nitrogen and oxygen atoms in total. The second kappa shape index (κ2) is 8.10. The minimum Gasteiger partial charge on any atom is -0.423 e. The van der Waals surface area contributed by atoms with Crippen molar-refractivity contribution >= 4 is 18.4 Å². The summed E-state index contributed by atoms with van der Waals surface area (Å²) >= 11 is 0. The fourth-order valence-corrected chi connectivity index (χ4v) is 3.25. The van der Waals surface area contributed by atoms with Crippen LogP contribution in [0.25, 0.3) is 0 Å². The number of hydroxylamine groups is 2. The molecule has 0 amide bonds. The van der Waals surface area contributed by atoms with Gasteiger partial charge in [0.1, 0.15) is 11.6 Å². The molecular weight excluding hydrogens is 336 g/mol. The van der Waals surface area contributed by atoms with E-state index < -0.39 is 12.9 Å². The van der Waals surface area contributed by atoms with Gasteiger partial charge in [-0.25, -0.2) is 4.39 Å². The quantitative estimate of drug-likeness (QED) is 0.761. The van der Waals surface area contributed by atoms with Crippen molar-refractivity contribution in [2.24, 2.45) is 0 Å². The first-order valence-corrected chi connectivity index (χ1v) is 8.56. The lowest BCUT2D eigenvalue weighted by atomic mass is 9.79. The predicted octanol–water partition coefficient (Wildman–Crippen LogP) is 1.21. The third-order valence-electron chi connectivity index (χ3n) is 4.58. The van der Waals surface area contributed by atoms with Crippen molar-refractivity contribution in [2.75, 3.05) is 0 Å². The molecule has 136 valence electrons. The molecule has 1 aliphatic heterocycles. The topological polar surface area (TPSA) is 70.0 Å². The summed E-state index contributed by atoms with van der Waals surface area (Å²) in [5, 5.41) is 19.8. The van der Waals surface area contributed by atoms with Crippen LogP contribution in [0.2, 0.25) is 0 Å². The number of carbonyl (C=O) groups is 1. The van der Waals surface area contributed by atoms with E-state index in [1.807, 2.05) is 30.3 Å². The van der Waals surface area contributed by atoms with E-state index in [1.54, 1.807) is 11.1 Å². The Bertz CT molecular complexity index is 771. The van der Waals surface area contributed by atoms with Gasteiger partial charge < -0.3 is 10.0 Å². The summed E-state index contributed by atoms with van der Waals surface area (Å²) in [5.74, 6) is -0.694. The molecule has 3 rings (SSSR count). The highest BCUT2D eigenvalue weighted by atomic mass is 19.1. The van der Waals surface area contributed by atoms with Crippen molar-refractivity contribution in [3.8, 4) is 0 Å². The number of rotatable bonds is 6. The van der Waals surface area contributed by atoms with E-state index >= 15 is 0 Å². The molecule has 2 aromatic rings. The standard InChI is InChI=1S/C19H21BFNO4/c1-13(23)19-11-16(9-14-5-3-2-4-6-14)26-22(19)12-15-7-8-17(20(24)25)18(21)10-15/h2-8,10,16,19,24-25H,9,11-12H2,1H3. The first-order chi connectivity index (χ1) is 12.4. The lowest BCUT2D eigenvalue weighted by Gasteiger charge is -2.21. The minimum atomic E-state index is -1.85. The summed E-state index contributed by atoms with van der Waals surface area (Å²) in [6.07, 6.45) is 1.17. The Morgan fingerprint density at radius 1 is 1.23 bits per heavy atom. The summed E-state index contributed by atoms with van der Waals surface area (Å²) in [6.45, 7) is 1.77. The Kier molecular flexibility index (Phi) is 5.83. The van der Waals surface area contributed by atoms with E-state index in [0.29, 0.717) is 18.4 Å². The van der Waals surface area contributed by atoms with Gasteiger partial charge in [-0.2, -0.15) is 5.06 Å². The molecule has 1 aliphatic rings. The molecular formula is C19H21BFNO4. The zero-order chi connectivity index (χ0) is 18.7. The van der Waals surface area contributed by atoms with Gasteiger partial charge in [-0.1, -0.05) is 42.5 Å². The Morgan fingerprint density at radius 2 is 1.96 bits per heavy atom. The lowest BCUT2D eigenvalue weighted by Crippen LogP contribution is -2.35. The van der Waals surface area contributed by atoms with Gasteiger partial charge >= 0.3 is 7.12 Å². The van der Waals surface area contributed by atoms with Crippen LogP contribution in [0, 0.1) is 5.82 Å². The van der Waals surface area contributed by atoms with Crippen molar-refractivity contribution in [1.29, 1.82) is 0 Å². The van der Waals surface area contributed by atoms with E-state index in [9.17, 15) is 9.18 Å². The van der Waals surface area contributed by atoms with Crippen LogP contribution in [-0.2, 0) is 22.6 Å². The predicted molar refractivity (Wildman–Crippen MR) is 95.9 cm³/mol. The number of Topliss-reactive ketones (excluding diaryl/α,β-unsaturated/α-hetero) is 1. The van der Waals surface area contributed by atoms with Crippen molar-refractivity contribution in [3.05, 3.63) is 65.5 Å². The zero-order valence-electron chi connectivity index (χ0n) is 14.5. The molecule has 0 bridgehead atoms. The fraction of sp³-hybridized carbons (Fsp3) is 0.316. The van der Waals surface area contributed by atoms with Crippen LogP contribution in [0.1, 0.15) is 24.5 Å². The molecule has 1 saturated heterocycles.